The topological polar surface area (TPSA) is 0 Å². The first-order valence-electron chi connectivity index (χ1n) is 10.0. The lowest BCUT2D eigenvalue weighted by molar-refractivity contribution is 0.381. The fourth-order valence-corrected chi connectivity index (χ4v) is 4.62. The molecule has 0 aliphatic carbocycles. The number of hydrogen-bond donors (Lipinski definition) is 0. The summed E-state index contributed by atoms with van der Waals surface area (Å²) < 4.78 is 198. The maximum absolute atomic E-state index is 15.0. The highest BCUT2D eigenvalue weighted by Crippen LogP contribution is 2.46. The van der Waals surface area contributed by atoms with Gasteiger partial charge in [0.05, 0.1) is 16.7 Å². The molecule has 0 amide bonds. The van der Waals surface area contributed by atoms with Crippen molar-refractivity contribution < 1.29 is 61.5 Å². The van der Waals surface area contributed by atoms with E-state index in [0.29, 0.717) is 0 Å². The van der Waals surface area contributed by atoms with Crippen LogP contribution in [0.1, 0.15) is 0 Å². The monoisotopic (exact) mass is 668 g/mol. The second kappa shape index (κ2) is 10.3. The molecule has 0 radical (unpaired) electrons. The minimum atomic E-state index is -2.66. The Morgan fingerprint density at radius 1 is 0.375 bits per heavy atom. The van der Waals surface area contributed by atoms with Crippen LogP contribution in [0.4, 0.5) is 61.5 Å². The van der Waals surface area contributed by atoms with Crippen LogP contribution in [0.5, 0.6) is 0 Å². The van der Waals surface area contributed by atoms with Crippen molar-refractivity contribution in [2.75, 3.05) is 0 Å². The summed E-state index contributed by atoms with van der Waals surface area (Å²) in [6.07, 6.45) is 0. The highest BCUT2D eigenvalue weighted by atomic mass is 79.9. The number of halogens is 15. The molecular weight excluding hydrogens is 665 g/mol. The van der Waals surface area contributed by atoms with E-state index >= 15 is 0 Å². The molecule has 4 aromatic rings. The first-order valence-corrected chi connectivity index (χ1v) is 11.4. The van der Waals surface area contributed by atoms with Gasteiger partial charge in [0.1, 0.15) is 5.82 Å². The largest absolute Gasteiger partial charge is 0.205 e. The fraction of sp³-hybridized carbons (Fsp3) is 0. The summed E-state index contributed by atoms with van der Waals surface area (Å²) >= 11 is 2.59. The smallest absolute Gasteiger partial charge is 0.200 e. The van der Waals surface area contributed by atoms with Crippen molar-refractivity contribution in [3.63, 3.8) is 0 Å². The highest BCUT2D eigenvalue weighted by molar-refractivity contribution is 9.10. The minimum Gasteiger partial charge on any atom is -0.205 e. The fourth-order valence-electron chi connectivity index (χ4n) is 3.72. The van der Waals surface area contributed by atoms with Crippen molar-refractivity contribution in [1.29, 1.82) is 0 Å². The predicted octanol–water partition coefficient (Wildman–Crippen LogP) is 8.90. The maximum Gasteiger partial charge on any atom is 0.200 e. The Kier molecular flexibility index (Phi) is 7.69. The van der Waals surface area contributed by atoms with E-state index in [0.717, 1.165) is 0 Å². The van der Waals surface area contributed by atoms with Crippen molar-refractivity contribution in [3.05, 3.63) is 98.0 Å². The van der Waals surface area contributed by atoms with Crippen LogP contribution in [0.2, 0.25) is 0 Å². The molecule has 1 atom stereocenters. The Labute approximate surface area is 223 Å². The molecule has 0 aromatic heterocycles. The van der Waals surface area contributed by atoms with Gasteiger partial charge in [-0.05, 0) is 33.6 Å². The average molecular weight is 669 g/mol. The second-order valence-corrected chi connectivity index (χ2v) is 9.19. The minimum absolute atomic E-state index is 0.168. The van der Waals surface area contributed by atoms with Crippen LogP contribution in [-0.4, -0.2) is 0 Å². The lowest BCUT2D eigenvalue weighted by Crippen LogP contribution is -2.13. The zero-order valence-corrected chi connectivity index (χ0v) is 21.1. The first kappa shape index (κ1) is 29.8. The van der Waals surface area contributed by atoms with E-state index in [2.05, 4.69) is 15.9 Å². The maximum atomic E-state index is 15.0. The lowest BCUT2D eigenvalue weighted by atomic mass is 9.91. The van der Waals surface area contributed by atoms with Gasteiger partial charge in [-0.25, -0.2) is 61.5 Å². The van der Waals surface area contributed by atoms with E-state index in [1.54, 1.807) is 0 Å². The molecule has 0 saturated heterocycles. The summed E-state index contributed by atoms with van der Waals surface area (Å²) in [5.74, 6) is -34.5. The van der Waals surface area contributed by atoms with Gasteiger partial charge in [-0.15, -0.1) is 0 Å². The predicted molar refractivity (Wildman–Crippen MR) is 119 cm³/mol. The molecule has 0 bridgehead atoms. The number of rotatable bonds is 3. The summed E-state index contributed by atoms with van der Waals surface area (Å²) in [7, 11) is 1.34. The molecule has 0 heterocycles. The first-order chi connectivity index (χ1) is 18.5. The molecule has 0 nitrogen and oxygen atoms in total. The van der Waals surface area contributed by atoms with Crippen LogP contribution < -0.4 is 5.30 Å². The van der Waals surface area contributed by atoms with Crippen LogP contribution in [0.3, 0.4) is 0 Å². The number of hydrogen-bond acceptors (Lipinski definition) is 0. The average Bonchev–Trinajstić information content (AvgIpc) is 2.92. The zero-order valence-electron chi connectivity index (χ0n) is 18.4. The normalized spacial score (nSPS) is 11.5. The third kappa shape index (κ3) is 4.25. The Hall–Kier alpha value is -3.19. The summed E-state index contributed by atoms with van der Waals surface area (Å²) in [5, 5.41) is -1.28. The van der Waals surface area contributed by atoms with Gasteiger partial charge >= 0.3 is 0 Å². The van der Waals surface area contributed by atoms with Crippen LogP contribution in [0, 0.1) is 81.4 Å². The van der Waals surface area contributed by atoms with E-state index in [4.69, 9.17) is 0 Å². The lowest BCUT2D eigenvalue weighted by Gasteiger charge is -2.18. The van der Waals surface area contributed by atoms with Gasteiger partial charge in [-0.1, -0.05) is 9.24 Å². The molecule has 210 valence electrons. The molecule has 0 N–H and O–H groups in total. The van der Waals surface area contributed by atoms with E-state index < -0.39 is 125 Å². The summed E-state index contributed by atoms with van der Waals surface area (Å²) in [6, 6.07) is 0.405. The van der Waals surface area contributed by atoms with Gasteiger partial charge in [-0.2, -0.15) is 0 Å². The quantitative estimate of drug-likeness (QED) is 0.0886. The summed E-state index contributed by atoms with van der Waals surface area (Å²) in [5.41, 5.74) is -9.25. The molecule has 0 aliphatic rings. The molecule has 1 unspecified atom stereocenters. The summed E-state index contributed by atoms with van der Waals surface area (Å²) in [6.45, 7) is 0. The third-order valence-corrected chi connectivity index (χ3v) is 6.98. The number of benzene rings is 4. The van der Waals surface area contributed by atoms with E-state index in [1.165, 1.54) is 9.24 Å². The molecule has 0 saturated carbocycles. The highest BCUT2D eigenvalue weighted by Gasteiger charge is 2.33. The molecule has 4 aromatic carbocycles. The van der Waals surface area contributed by atoms with Gasteiger partial charge in [0.15, 0.2) is 64.0 Å². The van der Waals surface area contributed by atoms with Crippen molar-refractivity contribution in [1.82, 2.24) is 0 Å². The van der Waals surface area contributed by atoms with E-state index in [1.807, 2.05) is 0 Å². The molecule has 0 fully saturated rings. The van der Waals surface area contributed by atoms with Crippen molar-refractivity contribution in [3.8, 4) is 33.4 Å². The van der Waals surface area contributed by atoms with Crippen LogP contribution in [0.25, 0.3) is 33.4 Å². The molecule has 40 heavy (non-hydrogen) atoms. The van der Waals surface area contributed by atoms with Crippen LogP contribution in [-0.2, 0) is 0 Å². The van der Waals surface area contributed by atoms with Gasteiger partial charge in [0.25, 0.3) is 0 Å². The molecule has 16 heteroatoms. The van der Waals surface area contributed by atoms with Gasteiger partial charge in [0.2, 0.25) is 11.6 Å². The van der Waals surface area contributed by atoms with Gasteiger partial charge in [-0.3, -0.25) is 0 Å². The Morgan fingerprint density at radius 2 is 0.650 bits per heavy atom. The van der Waals surface area contributed by atoms with Gasteiger partial charge in [0, 0.05) is 20.9 Å². The van der Waals surface area contributed by atoms with E-state index in [9.17, 15) is 61.5 Å². The standard InChI is InChI=1S/C24H4BrF14P/c25-9-4(7-12(28)18(34)22(38)19(35)13(7)29)1-3(6-10(26)16(32)21(37)17(33)11(6)27)2-5(9)8-14(30)20(36)23(39)24(40)15(8)31/h1-2H,40H2. The van der Waals surface area contributed by atoms with Gasteiger partial charge < -0.3 is 0 Å². The van der Waals surface area contributed by atoms with Crippen molar-refractivity contribution in [2.24, 2.45) is 0 Å². The molecule has 4 rings (SSSR count). The van der Waals surface area contributed by atoms with Crippen molar-refractivity contribution in [2.45, 2.75) is 0 Å². The zero-order chi connectivity index (χ0) is 30.1. The van der Waals surface area contributed by atoms with Crippen molar-refractivity contribution >= 4 is 30.5 Å². The van der Waals surface area contributed by atoms with Crippen LogP contribution >= 0.6 is 25.2 Å². The molecule has 0 spiro atoms. The third-order valence-electron chi connectivity index (χ3n) is 5.62. The summed E-state index contributed by atoms with van der Waals surface area (Å²) in [4.78, 5) is 0. The Bertz CT molecular complexity index is 1590. The van der Waals surface area contributed by atoms with E-state index in [-0.39, 0.29) is 12.1 Å². The van der Waals surface area contributed by atoms with Crippen LogP contribution in [0.15, 0.2) is 16.6 Å². The second-order valence-electron chi connectivity index (χ2n) is 7.82. The Balaban J connectivity index is 2.28. The SMILES string of the molecule is Fc1c(F)c(F)c(-c2cc(-c3c(F)c(F)c(F)c(F)c3F)c(Br)c(-c3c(F)c(F)c(F)c(P)c3F)c2)c(F)c1F. The Morgan fingerprint density at radius 3 is 1.02 bits per heavy atom. The molecular formula is C24H4BrF14P. The molecule has 0 aliphatic heterocycles.